The Labute approximate surface area is 224 Å². The number of carbonyl (C=O) groups excluding carboxylic acids is 3. The second kappa shape index (κ2) is 10.7. The highest BCUT2D eigenvalue weighted by atomic mass is 32.1. The first-order valence-electron chi connectivity index (χ1n) is 12.0. The summed E-state index contributed by atoms with van der Waals surface area (Å²) in [6.07, 6.45) is 3.29. The Balaban J connectivity index is 1.48. The number of nitrogens with zero attached hydrogens (tertiary/aromatic N) is 2. The highest BCUT2D eigenvalue weighted by molar-refractivity contribution is 7.80. The third kappa shape index (κ3) is 5.05. The number of anilines is 2. The van der Waals surface area contributed by atoms with Crippen LogP contribution in [0.1, 0.15) is 12.5 Å². The summed E-state index contributed by atoms with van der Waals surface area (Å²) in [6, 6.07) is 23.6. The lowest BCUT2D eigenvalue weighted by Crippen LogP contribution is -2.54. The van der Waals surface area contributed by atoms with Crippen LogP contribution < -0.4 is 20.3 Å². The van der Waals surface area contributed by atoms with E-state index in [1.165, 1.54) is 11.0 Å². The molecule has 1 aliphatic rings. The lowest BCUT2D eigenvalue weighted by Gasteiger charge is -2.29. The number of nitrogens with one attached hydrogen (secondary N) is 2. The molecule has 0 bridgehead atoms. The molecule has 1 aliphatic heterocycles. The Morgan fingerprint density at radius 1 is 1.03 bits per heavy atom. The van der Waals surface area contributed by atoms with E-state index in [0.29, 0.717) is 29.3 Å². The van der Waals surface area contributed by atoms with E-state index >= 15 is 0 Å². The predicted octanol–water partition coefficient (Wildman–Crippen LogP) is 4.51. The molecular formula is C29H24N4O4S. The van der Waals surface area contributed by atoms with Crippen molar-refractivity contribution in [3.05, 3.63) is 96.2 Å². The average Bonchev–Trinajstić information content (AvgIpc) is 3.24. The van der Waals surface area contributed by atoms with Gasteiger partial charge in [0.1, 0.15) is 17.9 Å². The number of benzene rings is 3. The second-order valence-electron chi connectivity index (χ2n) is 8.53. The molecule has 0 radical (unpaired) electrons. The predicted molar refractivity (Wildman–Crippen MR) is 151 cm³/mol. The summed E-state index contributed by atoms with van der Waals surface area (Å²) < 4.78 is 7.34. The molecule has 1 aromatic heterocycles. The molecule has 0 aliphatic carbocycles. The van der Waals surface area contributed by atoms with Gasteiger partial charge in [0.15, 0.2) is 5.11 Å². The number of para-hydroxylation sites is 2. The fourth-order valence-corrected chi connectivity index (χ4v) is 4.61. The Hall–Kier alpha value is -4.76. The molecule has 38 heavy (non-hydrogen) atoms. The molecule has 3 amide bonds. The molecule has 2 heterocycles. The SMILES string of the molecule is CCOc1cccc(N2C(=O)/C(=C\c3cn(CC(=O)Nc4ccccc4)c4ccccc34)C(=O)NC2=S)c1. The summed E-state index contributed by atoms with van der Waals surface area (Å²) in [5, 5.41) is 6.28. The van der Waals surface area contributed by atoms with Crippen LogP contribution >= 0.6 is 12.2 Å². The highest BCUT2D eigenvalue weighted by Crippen LogP contribution is 2.28. The van der Waals surface area contributed by atoms with Crippen LogP contribution in [0.4, 0.5) is 11.4 Å². The molecular weight excluding hydrogens is 500 g/mol. The number of amides is 3. The zero-order valence-corrected chi connectivity index (χ0v) is 21.3. The molecule has 4 aromatic rings. The van der Waals surface area contributed by atoms with Gasteiger partial charge in [0.2, 0.25) is 5.91 Å². The molecule has 0 spiro atoms. The van der Waals surface area contributed by atoms with Crippen molar-refractivity contribution in [2.24, 2.45) is 0 Å². The van der Waals surface area contributed by atoms with Gasteiger partial charge in [-0.15, -0.1) is 0 Å². The first-order chi connectivity index (χ1) is 18.4. The summed E-state index contributed by atoms with van der Waals surface area (Å²) in [6.45, 7) is 2.39. The van der Waals surface area contributed by atoms with Crippen molar-refractivity contribution in [3.63, 3.8) is 0 Å². The number of fused-ring (bicyclic) bond motifs is 1. The van der Waals surface area contributed by atoms with Gasteiger partial charge in [0.05, 0.1) is 12.3 Å². The van der Waals surface area contributed by atoms with Crippen molar-refractivity contribution in [1.82, 2.24) is 9.88 Å². The van der Waals surface area contributed by atoms with Crippen molar-refractivity contribution in [2.75, 3.05) is 16.8 Å². The van der Waals surface area contributed by atoms with Crippen molar-refractivity contribution < 1.29 is 19.1 Å². The number of aromatic nitrogens is 1. The van der Waals surface area contributed by atoms with E-state index < -0.39 is 11.8 Å². The lowest BCUT2D eigenvalue weighted by molar-refractivity contribution is -0.122. The summed E-state index contributed by atoms with van der Waals surface area (Å²) in [4.78, 5) is 40.4. The molecule has 0 unspecified atom stereocenters. The van der Waals surface area contributed by atoms with Crippen molar-refractivity contribution in [1.29, 1.82) is 0 Å². The van der Waals surface area contributed by atoms with Crippen molar-refractivity contribution in [3.8, 4) is 5.75 Å². The molecule has 0 saturated carbocycles. The van der Waals surface area contributed by atoms with Gasteiger partial charge < -0.3 is 14.6 Å². The van der Waals surface area contributed by atoms with E-state index in [0.717, 1.165) is 10.9 Å². The Kier molecular flexibility index (Phi) is 7.01. The van der Waals surface area contributed by atoms with Gasteiger partial charge in [-0.25, -0.2) is 0 Å². The normalized spacial score (nSPS) is 14.6. The molecule has 190 valence electrons. The molecule has 0 atom stereocenters. The van der Waals surface area contributed by atoms with Gasteiger partial charge in [0.25, 0.3) is 11.8 Å². The lowest BCUT2D eigenvalue weighted by atomic mass is 10.1. The number of rotatable bonds is 7. The van der Waals surface area contributed by atoms with Crippen LogP contribution in [-0.2, 0) is 20.9 Å². The maximum Gasteiger partial charge on any atom is 0.270 e. The summed E-state index contributed by atoms with van der Waals surface area (Å²) in [5.74, 6) is -0.754. The highest BCUT2D eigenvalue weighted by Gasteiger charge is 2.35. The van der Waals surface area contributed by atoms with Crippen molar-refractivity contribution >= 4 is 63.4 Å². The molecule has 9 heteroatoms. The Morgan fingerprint density at radius 3 is 2.58 bits per heavy atom. The first kappa shape index (κ1) is 24.9. The van der Waals surface area contributed by atoms with Crippen LogP contribution in [0.15, 0.2) is 90.6 Å². The Morgan fingerprint density at radius 2 is 1.79 bits per heavy atom. The topological polar surface area (TPSA) is 92.7 Å². The van der Waals surface area contributed by atoms with E-state index in [1.54, 1.807) is 35.0 Å². The molecule has 2 N–H and O–H groups in total. The summed E-state index contributed by atoms with van der Waals surface area (Å²) in [5.41, 5.74) is 2.53. The van der Waals surface area contributed by atoms with Crippen molar-refractivity contribution in [2.45, 2.75) is 13.5 Å². The molecule has 8 nitrogen and oxygen atoms in total. The third-order valence-electron chi connectivity index (χ3n) is 5.98. The van der Waals surface area contributed by atoms with E-state index in [4.69, 9.17) is 17.0 Å². The fourth-order valence-electron chi connectivity index (χ4n) is 4.32. The number of carbonyl (C=O) groups is 3. The van der Waals surface area contributed by atoms with Gasteiger partial charge in [-0.1, -0.05) is 42.5 Å². The summed E-state index contributed by atoms with van der Waals surface area (Å²) in [7, 11) is 0. The second-order valence-corrected chi connectivity index (χ2v) is 8.92. The first-order valence-corrected chi connectivity index (χ1v) is 12.4. The van der Waals surface area contributed by atoms with Crippen LogP contribution in [-0.4, -0.2) is 34.0 Å². The van der Waals surface area contributed by atoms with Gasteiger partial charge >= 0.3 is 0 Å². The molecule has 1 saturated heterocycles. The van der Waals surface area contributed by atoms with Crippen LogP contribution in [0, 0.1) is 0 Å². The smallest absolute Gasteiger partial charge is 0.270 e. The van der Waals surface area contributed by atoms with E-state index in [-0.39, 0.29) is 23.1 Å². The maximum absolute atomic E-state index is 13.5. The quantitative estimate of drug-likeness (QED) is 0.211. The summed E-state index contributed by atoms with van der Waals surface area (Å²) >= 11 is 5.33. The largest absolute Gasteiger partial charge is 0.494 e. The number of hydrogen-bond donors (Lipinski definition) is 2. The monoisotopic (exact) mass is 524 g/mol. The van der Waals surface area contributed by atoms with Gasteiger partial charge in [-0.05, 0) is 55.5 Å². The van der Waals surface area contributed by atoms with Gasteiger partial charge in [0, 0.05) is 34.4 Å². The number of ether oxygens (including phenoxy) is 1. The Bertz CT molecular complexity index is 1590. The molecule has 5 rings (SSSR count). The average molecular weight is 525 g/mol. The minimum absolute atomic E-state index is 0.00851. The maximum atomic E-state index is 13.5. The van der Waals surface area contributed by atoms with Gasteiger partial charge in [-0.2, -0.15) is 0 Å². The zero-order chi connectivity index (χ0) is 26.6. The van der Waals surface area contributed by atoms with E-state index in [9.17, 15) is 14.4 Å². The number of thiocarbonyl (C=S) groups is 1. The fraction of sp³-hybridized carbons (Fsp3) is 0.103. The van der Waals surface area contributed by atoms with Gasteiger partial charge in [-0.3, -0.25) is 24.6 Å². The van der Waals surface area contributed by atoms with Crippen LogP contribution in [0.25, 0.3) is 17.0 Å². The van der Waals surface area contributed by atoms with E-state index in [2.05, 4.69) is 10.6 Å². The minimum Gasteiger partial charge on any atom is -0.494 e. The molecule has 3 aromatic carbocycles. The zero-order valence-electron chi connectivity index (χ0n) is 20.5. The standard InChI is InChI=1S/C29H24N4O4S/c1-2-37-22-12-8-11-21(16-22)33-28(36)24(27(35)31-29(33)38)15-19-17-32(25-14-7-6-13-23(19)25)18-26(34)30-20-9-4-3-5-10-20/h3-17H,2,18H2,1H3,(H,30,34)(H,31,35,38)/b24-15-. The van der Waals surface area contributed by atoms with Crippen LogP contribution in [0.5, 0.6) is 5.75 Å². The van der Waals surface area contributed by atoms with Crippen LogP contribution in [0.3, 0.4) is 0 Å². The minimum atomic E-state index is -0.587. The third-order valence-corrected chi connectivity index (χ3v) is 6.26. The number of hydrogen-bond acceptors (Lipinski definition) is 5. The molecule has 1 fully saturated rings. The van der Waals surface area contributed by atoms with E-state index in [1.807, 2.05) is 61.5 Å². The van der Waals surface area contributed by atoms with Crippen LogP contribution in [0.2, 0.25) is 0 Å².